The molecule has 0 aromatic heterocycles. The van der Waals surface area contributed by atoms with E-state index in [1.807, 2.05) is 31.2 Å². The number of aryl methyl sites for hydroxylation is 1. The number of benzene rings is 2. The maximum absolute atomic E-state index is 12.3. The van der Waals surface area contributed by atoms with Crippen molar-refractivity contribution in [1.82, 2.24) is 5.32 Å². The summed E-state index contributed by atoms with van der Waals surface area (Å²) in [6, 6.07) is 12.3. The molecule has 0 aliphatic heterocycles. The Morgan fingerprint density at radius 3 is 2.44 bits per heavy atom. The van der Waals surface area contributed by atoms with Gasteiger partial charge in [-0.2, -0.15) is 0 Å². The van der Waals surface area contributed by atoms with Gasteiger partial charge in [0.15, 0.2) is 0 Å². The molecule has 0 fully saturated rings. The van der Waals surface area contributed by atoms with Gasteiger partial charge in [-0.1, -0.05) is 29.8 Å². The molecule has 0 radical (unpaired) electrons. The van der Waals surface area contributed by atoms with E-state index in [9.17, 15) is 13.2 Å². The zero-order valence-electron chi connectivity index (χ0n) is 15.5. The highest BCUT2D eigenvalue weighted by Gasteiger charge is 2.22. The molecular formula is C19H23ClN2O4S. The summed E-state index contributed by atoms with van der Waals surface area (Å²) in [5, 5.41) is 3.14. The molecule has 0 bridgehead atoms. The lowest BCUT2D eigenvalue weighted by Gasteiger charge is -2.23. The first-order chi connectivity index (χ1) is 12.7. The lowest BCUT2D eigenvalue weighted by atomic mass is 10.2. The third kappa shape index (κ3) is 6.15. The zero-order valence-corrected chi connectivity index (χ0v) is 17.1. The highest BCUT2D eigenvalue weighted by Crippen LogP contribution is 2.26. The quantitative estimate of drug-likeness (QED) is 0.725. The van der Waals surface area contributed by atoms with Crippen LogP contribution in [0.25, 0.3) is 0 Å². The number of amides is 1. The predicted molar refractivity (Wildman–Crippen MR) is 108 cm³/mol. The first kappa shape index (κ1) is 21.1. The number of ether oxygens (including phenoxy) is 1. The van der Waals surface area contributed by atoms with E-state index >= 15 is 0 Å². The lowest BCUT2D eigenvalue weighted by molar-refractivity contribution is -0.119. The highest BCUT2D eigenvalue weighted by atomic mass is 35.5. The monoisotopic (exact) mass is 410 g/mol. The Labute approximate surface area is 165 Å². The van der Waals surface area contributed by atoms with Crippen LogP contribution in [-0.4, -0.2) is 33.7 Å². The van der Waals surface area contributed by atoms with Crippen LogP contribution >= 0.6 is 11.6 Å². The van der Waals surface area contributed by atoms with Crippen LogP contribution in [0.3, 0.4) is 0 Å². The van der Waals surface area contributed by atoms with Crippen LogP contribution in [0.4, 0.5) is 5.69 Å². The Morgan fingerprint density at radius 2 is 1.85 bits per heavy atom. The summed E-state index contributed by atoms with van der Waals surface area (Å²) < 4.78 is 30.8. The molecule has 0 saturated heterocycles. The fourth-order valence-electron chi connectivity index (χ4n) is 2.49. The first-order valence-corrected chi connectivity index (χ1v) is 10.7. The fraction of sp³-hybridized carbons (Fsp3) is 0.316. The van der Waals surface area contributed by atoms with Gasteiger partial charge < -0.3 is 10.1 Å². The van der Waals surface area contributed by atoms with Crippen molar-refractivity contribution in [2.24, 2.45) is 0 Å². The van der Waals surface area contributed by atoms with E-state index in [0.29, 0.717) is 22.9 Å². The number of hydrogen-bond donors (Lipinski definition) is 1. The summed E-state index contributed by atoms with van der Waals surface area (Å²) in [6.07, 6.45) is 1.06. The average molecular weight is 411 g/mol. The van der Waals surface area contributed by atoms with Gasteiger partial charge >= 0.3 is 0 Å². The number of carbonyl (C=O) groups is 1. The van der Waals surface area contributed by atoms with E-state index < -0.39 is 15.9 Å². The molecule has 27 heavy (non-hydrogen) atoms. The smallest absolute Gasteiger partial charge is 0.241 e. The Morgan fingerprint density at radius 1 is 1.19 bits per heavy atom. The highest BCUT2D eigenvalue weighted by molar-refractivity contribution is 7.92. The number of halogens is 1. The fourth-order valence-corrected chi connectivity index (χ4v) is 3.56. The normalized spacial score (nSPS) is 11.1. The van der Waals surface area contributed by atoms with Gasteiger partial charge in [0.05, 0.1) is 18.6 Å². The second kappa shape index (κ2) is 9.10. The van der Waals surface area contributed by atoms with E-state index in [2.05, 4.69) is 5.32 Å². The molecule has 0 unspecified atom stereocenters. The van der Waals surface area contributed by atoms with Crippen molar-refractivity contribution in [3.8, 4) is 5.75 Å². The van der Waals surface area contributed by atoms with Gasteiger partial charge in [0, 0.05) is 11.6 Å². The number of nitrogens with one attached hydrogen (secondary N) is 1. The van der Waals surface area contributed by atoms with Crippen LogP contribution in [0.1, 0.15) is 18.1 Å². The molecule has 1 amide bonds. The molecule has 2 aromatic rings. The number of hydrogen-bond acceptors (Lipinski definition) is 4. The van der Waals surface area contributed by atoms with Gasteiger partial charge in [-0.3, -0.25) is 9.10 Å². The van der Waals surface area contributed by atoms with Crippen LogP contribution in [0.15, 0.2) is 42.5 Å². The summed E-state index contributed by atoms with van der Waals surface area (Å²) in [6.45, 7) is 4.22. The van der Waals surface area contributed by atoms with Crippen molar-refractivity contribution >= 4 is 33.2 Å². The molecule has 0 aliphatic carbocycles. The van der Waals surface area contributed by atoms with Crippen LogP contribution in [0.5, 0.6) is 5.75 Å². The van der Waals surface area contributed by atoms with Gasteiger partial charge in [0.1, 0.15) is 12.3 Å². The van der Waals surface area contributed by atoms with Crippen molar-refractivity contribution in [1.29, 1.82) is 0 Å². The van der Waals surface area contributed by atoms with Gasteiger partial charge in [-0.05, 0) is 49.2 Å². The van der Waals surface area contributed by atoms with Crippen LogP contribution in [0.2, 0.25) is 5.02 Å². The van der Waals surface area contributed by atoms with Crippen molar-refractivity contribution in [2.45, 2.75) is 20.4 Å². The van der Waals surface area contributed by atoms with Gasteiger partial charge in [-0.15, -0.1) is 0 Å². The number of carbonyl (C=O) groups excluding carboxylic acids is 1. The second-order valence-corrected chi connectivity index (χ2v) is 8.40. The molecule has 0 saturated carbocycles. The Hall–Kier alpha value is -2.25. The van der Waals surface area contributed by atoms with Crippen molar-refractivity contribution < 1.29 is 17.9 Å². The molecule has 1 N–H and O–H groups in total. The summed E-state index contributed by atoms with van der Waals surface area (Å²) in [4.78, 5) is 12.3. The molecule has 0 heterocycles. The first-order valence-electron chi connectivity index (χ1n) is 8.43. The van der Waals surface area contributed by atoms with Crippen LogP contribution in [0, 0.1) is 6.92 Å². The largest absolute Gasteiger partial charge is 0.494 e. The maximum Gasteiger partial charge on any atom is 0.241 e. The zero-order chi connectivity index (χ0) is 20.0. The van der Waals surface area contributed by atoms with Crippen molar-refractivity contribution in [3.05, 3.63) is 58.6 Å². The summed E-state index contributed by atoms with van der Waals surface area (Å²) in [5.41, 5.74) is 1.99. The van der Waals surface area contributed by atoms with Gasteiger partial charge in [0.2, 0.25) is 15.9 Å². The van der Waals surface area contributed by atoms with Crippen molar-refractivity contribution in [3.63, 3.8) is 0 Å². The topological polar surface area (TPSA) is 75.7 Å². The average Bonchev–Trinajstić information content (AvgIpc) is 2.61. The van der Waals surface area contributed by atoms with E-state index in [1.165, 1.54) is 6.07 Å². The van der Waals surface area contributed by atoms with E-state index in [4.69, 9.17) is 16.3 Å². The molecule has 146 valence electrons. The minimum atomic E-state index is -3.65. The molecule has 2 rings (SSSR count). The third-order valence-corrected chi connectivity index (χ3v) is 5.21. The molecule has 0 spiro atoms. The van der Waals surface area contributed by atoms with Gasteiger partial charge in [-0.25, -0.2) is 8.42 Å². The molecular weight excluding hydrogens is 388 g/mol. The molecule has 0 atom stereocenters. The standard InChI is InChI=1S/C19H23ClN2O4S/c1-4-26-17-9-6-15(7-10-17)12-21-19(23)13-22(27(3,24)25)18-11-16(20)8-5-14(18)2/h5-11H,4,12-13H2,1-3H3,(H,21,23). The Balaban J connectivity index is 2.07. The SMILES string of the molecule is CCOc1ccc(CNC(=O)CN(c2cc(Cl)ccc2C)S(C)(=O)=O)cc1. The van der Waals surface area contributed by atoms with E-state index in [1.54, 1.807) is 19.1 Å². The number of sulfonamides is 1. The molecule has 6 nitrogen and oxygen atoms in total. The maximum atomic E-state index is 12.3. The molecule has 2 aromatic carbocycles. The van der Waals surface area contributed by atoms with E-state index in [-0.39, 0.29) is 13.1 Å². The summed E-state index contributed by atoms with van der Waals surface area (Å²) >= 11 is 5.99. The number of rotatable bonds is 8. The summed E-state index contributed by atoms with van der Waals surface area (Å²) in [7, 11) is -3.65. The third-order valence-electron chi connectivity index (χ3n) is 3.85. The van der Waals surface area contributed by atoms with Crippen LogP contribution in [-0.2, 0) is 21.4 Å². The second-order valence-electron chi connectivity index (χ2n) is 6.05. The number of anilines is 1. The van der Waals surface area contributed by atoms with Crippen LogP contribution < -0.4 is 14.4 Å². The minimum absolute atomic E-state index is 0.289. The lowest BCUT2D eigenvalue weighted by Crippen LogP contribution is -2.40. The summed E-state index contributed by atoms with van der Waals surface area (Å²) in [5.74, 6) is 0.348. The Kier molecular flexibility index (Phi) is 7.10. The molecule has 0 aliphatic rings. The van der Waals surface area contributed by atoms with Crippen molar-refractivity contribution in [2.75, 3.05) is 23.7 Å². The molecule has 8 heteroatoms. The van der Waals surface area contributed by atoms with Gasteiger partial charge in [0.25, 0.3) is 0 Å². The predicted octanol–water partition coefficient (Wildman–Crippen LogP) is 3.13. The van der Waals surface area contributed by atoms with E-state index in [0.717, 1.165) is 21.9 Å². The Bertz CT molecular complexity index is 898. The number of nitrogens with zero attached hydrogens (tertiary/aromatic N) is 1. The minimum Gasteiger partial charge on any atom is -0.494 e.